The van der Waals surface area contributed by atoms with Crippen molar-refractivity contribution in [1.29, 1.82) is 0 Å². The first-order chi connectivity index (χ1) is 16.6. The number of aromatic nitrogens is 3. The maximum atomic E-state index is 13.2. The van der Waals surface area contributed by atoms with Gasteiger partial charge in [-0.2, -0.15) is 4.98 Å². The predicted octanol–water partition coefficient (Wildman–Crippen LogP) is 4.00. The van der Waals surface area contributed by atoms with Gasteiger partial charge in [0.05, 0.1) is 28.4 Å². The highest BCUT2D eigenvalue weighted by Crippen LogP contribution is 2.44. The number of anilines is 1. The van der Waals surface area contributed by atoms with E-state index in [9.17, 15) is 4.79 Å². The lowest BCUT2D eigenvalue weighted by molar-refractivity contribution is -0.116. The number of nitrogens with one attached hydrogen (secondary N) is 1. The number of methoxy groups -OCH3 is 4. The molecule has 0 bridgehead atoms. The lowest BCUT2D eigenvalue weighted by atomic mass is 9.85. The van der Waals surface area contributed by atoms with Gasteiger partial charge in [0.2, 0.25) is 5.95 Å². The van der Waals surface area contributed by atoms with E-state index in [0.29, 0.717) is 46.8 Å². The Labute approximate surface area is 197 Å². The summed E-state index contributed by atoms with van der Waals surface area (Å²) in [5.41, 5.74) is 3.08. The van der Waals surface area contributed by atoms with Crippen molar-refractivity contribution in [2.75, 3.05) is 33.8 Å². The Kier molecular flexibility index (Phi) is 5.61. The molecular weight excluding hydrogens is 436 g/mol. The molecule has 9 nitrogen and oxygen atoms in total. The molecule has 5 rings (SSSR count). The van der Waals surface area contributed by atoms with E-state index < -0.39 is 6.04 Å². The zero-order chi connectivity index (χ0) is 23.8. The second-order valence-corrected chi connectivity index (χ2v) is 8.11. The van der Waals surface area contributed by atoms with Crippen LogP contribution in [0.5, 0.6) is 23.0 Å². The van der Waals surface area contributed by atoms with Crippen LogP contribution in [0.25, 0.3) is 11.4 Å². The second-order valence-electron chi connectivity index (χ2n) is 8.11. The van der Waals surface area contributed by atoms with Crippen LogP contribution < -0.4 is 24.3 Å². The fourth-order valence-electron chi connectivity index (χ4n) is 4.56. The van der Waals surface area contributed by atoms with E-state index in [2.05, 4.69) is 5.32 Å². The molecule has 1 aliphatic heterocycles. The average Bonchev–Trinajstić information content (AvgIpc) is 3.30. The van der Waals surface area contributed by atoms with Gasteiger partial charge in [-0.15, -0.1) is 5.10 Å². The minimum Gasteiger partial charge on any atom is -0.497 e. The molecule has 176 valence electrons. The third kappa shape index (κ3) is 3.63. The van der Waals surface area contributed by atoms with Crippen molar-refractivity contribution in [3.05, 3.63) is 53.2 Å². The van der Waals surface area contributed by atoms with E-state index in [1.54, 1.807) is 39.2 Å². The van der Waals surface area contributed by atoms with Crippen LogP contribution in [0.15, 0.2) is 47.7 Å². The zero-order valence-corrected chi connectivity index (χ0v) is 19.5. The number of ketones is 1. The van der Waals surface area contributed by atoms with Gasteiger partial charge in [0.15, 0.2) is 11.6 Å². The van der Waals surface area contributed by atoms with Gasteiger partial charge < -0.3 is 24.3 Å². The van der Waals surface area contributed by atoms with E-state index in [1.807, 2.05) is 30.3 Å². The standard InChI is InChI=1S/C25H26N4O5/c1-31-15-8-9-21(34-4)18(13-15)23-22-19(6-5-7-20(22)30)26-25-27-24(28-29(23)25)14-10-16(32-2)12-17(11-14)33-3/h8-13,23H,5-7H2,1-4H3,(H,26,27,28). The number of fused-ring (bicyclic) bond motifs is 1. The normalized spacial score (nSPS) is 16.9. The maximum absolute atomic E-state index is 13.2. The number of hydrogen-bond donors (Lipinski definition) is 1. The van der Waals surface area contributed by atoms with Crippen molar-refractivity contribution in [2.24, 2.45) is 0 Å². The molecule has 34 heavy (non-hydrogen) atoms. The fourth-order valence-corrected chi connectivity index (χ4v) is 4.56. The Bertz CT molecular complexity index is 1270. The lowest BCUT2D eigenvalue weighted by Gasteiger charge is -2.32. The van der Waals surface area contributed by atoms with Crippen LogP contribution in [0.2, 0.25) is 0 Å². The van der Waals surface area contributed by atoms with Crippen LogP contribution in [0, 0.1) is 0 Å². The summed E-state index contributed by atoms with van der Waals surface area (Å²) >= 11 is 0. The summed E-state index contributed by atoms with van der Waals surface area (Å²) in [6.45, 7) is 0. The van der Waals surface area contributed by atoms with Crippen LogP contribution in [0.4, 0.5) is 5.95 Å². The summed E-state index contributed by atoms with van der Waals surface area (Å²) in [6, 6.07) is 10.6. The molecule has 1 N–H and O–H groups in total. The molecular formula is C25H26N4O5. The molecule has 0 spiro atoms. The quantitative estimate of drug-likeness (QED) is 0.587. The van der Waals surface area contributed by atoms with Gasteiger partial charge in [-0.3, -0.25) is 4.79 Å². The van der Waals surface area contributed by atoms with Gasteiger partial charge in [0, 0.05) is 34.9 Å². The van der Waals surface area contributed by atoms with E-state index in [1.165, 1.54) is 0 Å². The first kappa shape index (κ1) is 21.8. The van der Waals surface area contributed by atoms with Crippen molar-refractivity contribution >= 4 is 11.7 Å². The molecule has 0 amide bonds. The number of carbonyl (C=O) groups excluding carboxylic acids is 1. The Morgan fingerprint density at radius 2 is 1.65 bits per heavy atom. The number of benzene rings is 2. The van der Waals surface area contributed by atoms with Gasteiger partial charge >= 0.3 is 0 Å². The summed E-state index contributed by atoms with van der Waals surface area (Å²) in [7, 11) is 6.42. The number of Topliss-reactive ketones (excluding diaryl/α,β-unsaturated/α-hetero) is 1. The summed E-state index contributed by atoms with van der Waals surface area (Å²) in [5, 5.41) is 8.19. The minimum absolute atomic E-state index is 0.0920. The van der Waals surface area contributed by atoms with Crippen molar-refractivity contribution < 1.29 is 23.7 Å². The zero-order valence-electron chi connectivity index (χ0n) is 19.5. The highest BCUT2D eigenvalue weighted by atomic mass is 16.5. The number of carbonyl (C=O) groups is 1. The minimum atomic E-state index is -0.502. The molecule has 2 aliphatic rings. The number of hydrogen-bond acceptors (Lipinski definition) is 8. The van der Waals surface area contributed by atoms with Crippen molar-refractivity contribution in [3.63, 3.8) is 0 Å². The third-order valence-electron chi connectivity index (χ3n) is 6.21. The highest BCUT2D eigenvalue weighted by Gasteiger charge is 2.38. The number of nitrogens with zero attached hydrogens (tertiary/aromatic N) is 3. The van der Waals surface area contributed by atoms with Crippen LogP contribution >= 0.6 is 0 Å². The molecule has 1 atom stereocenters. The molecule has 0 saturated heterocycles. The molecule has 1 aromatic heterocycles. The van der Waals surface area contributed by atoms with Gasteiger partial charge in [0.1, 0.15) is 29.0 Å². The third-order valence-corrected chi connectivity index (χ3v) is 6.21. The van der Waals surface area contributed by atoms with E-state index in [-0.39, 0.29) is 5.78 Å². The Balaban J connectivity index is 1.71. The van der Waals surface area contributed by atoms with Gasteiger partial charge in [0.25, 0.3) is 0 Å². The van der Waals surface area contributed by atoms with Crippen molar-refractivity contribution in [3.8, 4) is 34.4 Å². The van der Waals surface area contributed by atoms with Crippen LogP contribution in [0.3, 0.4) is 0 Å². The van der Waals surface area contributed by atoms with Gasteiger partial charge in [-0.05, 0) is 43.2 Å². The molecule has 3 aromatic rings. The molecule has 0 saturated carbocycles. The molecule has 0 radical (unpaired) electrons. The Morgan fingerprint density at radius 1 is 0.912 bits per heavy atom. The summed E-state index contributed by atoms with van der Waals surface area (Å²) in [5.74, 6) is 3.71. The molecule has 2 heterocycles. The molecule has 2 aromatic carbocycles. The van der Waals surface area contributed by atoms with Crippen LogP contribution in [0.1, 0.15) is 30.9 Å². The molecule has 1 aliphatic carbocycles. The summed E-state index contributed by atoms with van der Waals surface area (Å²) < 4.78 is 23.7. The van der Waals surface area contributed by atoms with E-state index in [0.717, 1.165) is 29.7 Å². The number of allylic oxidation sites excluding steroid dienone is 2. The summed E-state index contributed by atoms with van der Waals surface area (Å²) in [4.78, 5) is 17.9. The topological polar surface area (TPSA) is 96.7 Å². The number of rotatable bonds is 6. The van der Waals surface area contributed by atoms with Crippen LogP contribution in [-0.2, 0) is 4.79 Å². The monoisotopic (exact) mass is 462 g/mol. The Morgan fingerprint density at radius 3 is 2.32 bits per heavy atom. The van der Waals surface area contributed by atoms with Gasteiger partial charge in [-0.1, -0.05) is 0 Å². The predicted molar refractivity (Wildman–Crippen MR) is 126 cm³/mol. The second kappa shape index (κ2) is 8.74. The molecule has 0 fully saturated rings. The van der Waals surface area contributed by atoms with Crippen molar-refractivity contribution in [1.82, 2.24) is 14.8 Å². The first-order valence-electron chi connectivity index (χ1n) is 11.0. The average molecular weight is 463 g/mol. The SMILES string of the molecule is COc1cc(OC)cc(-c2nc3n(n2)C(c2cc(OC)ccc2OC)C2=C(CCCC2=O)N3)c1. The van der Waals surface area contributed by atoms with Crippen molar-refractivity contribution in [2.45, 2.75) is 25.3 Å². The van der Waals surface area contributed by atoms with E-state index >= 15 is 0 Å². The molecule has 1 unspecified atom stereocenters. The van der Waals surface area contributed by atoms with E-state index in [4.69, 9.17) is 29.0 Å². The maximum Gasteiger partial charge on any atom is 0.226 e. The van der Waals surface area contributed by atoms with Gasteiger partial charge in [-0.25, -0.2) is 4.68 Å². The summed E-state index contributed by atoms with van der Waals surface area (Å²) in [6.07, 6.45) is 2.05. The first-order valence-corrected chi connectivity index (χ1v) is 11.0. The smallest absolute Gasteiger partial charge is 0.226 e. The number of ether oxygens (including phenoxy) is 4. The lowest BCUT2D eigenvalue weighted by Crippen LogP contribution is -2.31. The molecule has 9 heteroatoms. The van der Waals surface area contributed by atoms with Crippen LogP contribution in [-0.4, -0.2) is 49.0 Å². The largest absolute Gasteiger partial charge is 0.497 e. The Hall–Kier alpha value is -4.01. The highest BCUT2D eigenvalue weighted by molar-refractivity contribution is 5.99. The fraction of sp³-hybridized carbons (Fsp3) is 0.320.